The van der Waals surface area contributed by atoms with Gasteiger partial charge in [0.05, 0.1) is 13.2 Å². The number of carbonyl (C=O) groups is 1. The zero-order valence-electron chi connectivity index (χ0n) is 14.1. The van der Waals surface area contributed by atoms with E-state index in [1.165, 1.54) is 44.6 Å². The summed E-state index contributed by atoms with van der Waals surface area (Å²) in [5, 5.41) is 0. The summed E-state index contributed by atoms with van der Waals surface area (Å²) in [6.45, 7) is 11.2. The summed E-state index contributed by atoms with van der Waals surface area (Å²) in [5.41, 5.74) is 0.271. The predicted octanol–water partition coefficient (Wildman–Crippen LogP) is 4.68. The molecule has 0 radical (unpaired) electrons. The third kappa shape index (κ3) is 6.78. The molecule has 0 aromatic rings. The standard InChI is InChI=1S/C19H32O3/c1-4-7-17-8-10-19(11-9-17,12-15-21-14-5-2)13-16-22-18(20)6-3/h5-6,17H,2-4,7-16H2,1H3. The van der Waals surface area contributed by atoms with Gasteiger partial charge < -0.3 is 9.47 Å². The van der Waals surface area contributed by atoms with Crippen LogP contribution in [-0.4, -0.2) is 25.8 Å². The van der Waals surface area contributed by atoms with Gasteiger partial charge in [-0.3, -0.25) is 0 Å². The van der Waals surface area contributed by atoms with Gasteiger partial charge in [0.15, 0.2) is 0 Å². The van der Waals surface area contributed by atoms with Gasteiger partial charge in [-0.1, -0.05) is 32.4 Å². The van der Waals surface area contributed by atoms with E-state index in [1.54, 1.807) is 6.08 Å². The Kier molecular flexibility index (Phi) is 9.14. The monoisotopic (exact) mass is 308 g/mol. The second-order valence-corrected chi connectivity index (χ2v) is 6.47. The minimum atomic E-state index is -0.322. The molecule has 1 fully saturated rings. The van der Waals surface area contributed by atoms with Gasteiger partial charge in [-0.15, -0.1) is 6.58 Å². The normalized spacial score (nSPS) is 24.7. The fourth-order valence-corrected chi connectivity index (χ4v) is 3.49. The van der Waals surface area contributed by atoms with Gasteiger partial charge in [0.1, 0.15) is 0 Å². The van der Waals surface area contributed by atoms with Crippen LogP contribution in [0.25, 0.3) is 0 Å². The largest absolute Gasteiger partial charge is 0.463 e. The number of hydrogen-bond acceptors (Lipinski definition) is 3. The highest BCUT2D eigenvalue weighted by Crippen LogP contribution is 2.45. The Labute approximate surface area is 135 Å². The molecule has 0 bridgehead atoms. The number of rotatable bonds is 11. The third-order valence-corrected chi connectivity index (χ3v) is 4.92. The minimum Gasteiger partial charge on any atom is -0.463 e. The van der Waals surface area contributed by atoms with Crippen LogP contribution in [-0.2, 0) is 14.3 Å². The molecule has 0 aliphatic heterocycles. The lowest BCUT2D eigenvalue weighted by atomic mass is 9.66. The van der Waals surface area contributed by atoms with Crippen molar-refractivity contribution in [3.05, 3.63) is 25.3 Å². The summed E-state index contributed by atoms with van der Waals surface area (Å²) in [6.07, 6.45) is 12.7. The first kappa shape index (κ1) is 19.0. The van der Waals surface area contributed by atoms with E-state index in [4.69, 9.17) is 9.47 Å². The zero-order valence-corrected chi connectivity index (χ0v) is 14.1. The Bertz CT molecular complexity index is 341. The lowest BCUT2D eigenvalue weighted by Gasteiger charge is -2.40. The van der Waals surface area contributed by atoms with Crippen molar-refractivity contribution in [2.24, 2.45) is 11.3 Å². The second-order valence-electron chi connectivity index (χ2n) is 6.47. The molecule has 0 N–H and O–H groups in total. The first-order valence-corrected chi connectivity index (χ1v) is 8.63. The van der Waals surface area contributed by atoms with Crippen LogP contribution in [0.4, 0.5) is 0 Å². The zero-order chi connectivity index (χ0) is 16.3. The van der Waals surface area contributed by atoms with Crippen molar-refractivity contribution >= 4 is 5.97 Å². The number of carbonyl (C=O) groups excluding carboxylic acids is 1. The summed E-state index contributed by atoms with van der Waals surface area (Å²) < 4.78 is 10.8. The molecule has 22 heavy (non-hydrogen) atoms. The van der Waals surface area contributed by atoms with Crippen molar-refractivity contribution < 1.29 is 14.3 Å². The molecule has 0 aromatic carbocycles. The van der Waals surface area contributed by atoms with Crippen molar-refractivity contribution in [1.82, 2.24) is 0 Å². The first-order chi connectivity index (χ1) is 10.7. The SMILES string of the molecule is C=CCOCCC1(CCOC(=O)C=C)CCC(CCC)CC1. The molecule has 1 saturated carbocycles. The van der Waals surface area contributed by atoms with Crippen LogP contribution in [0.2, 0.25) is 0 Å². The fourth-order valence-electron chi connectivity index (χ4n) is 3.49. The molecule has 1 aliphatic carbocycles. The Hall–Kier alpha value is -1.09. The highest BCUT2D eigenvalue weighted by molar-refractivity contribution is 5.81. The van der Waals surface area contributed by atoms with Gasteiger partial charge in [0.2, 0.25) is 0 Å². The van der Waals surface area contributed by atoms with Gasteiger partial charge in [0, 0.05) is 12.7 Å². The van der Waals surface area contributed by atoms with Crippen molar-refractivity contribution in [1.29, 1.82) is 0 Å². The number of hydrogen-bond donors (Lipinski definition) is 0. The fraction of sp³-hybridized carbons (Fsp3) is 0.737. The van der Waals surface area contributed by atoms with Gasteiger partial charge in [-0.25, -0.2) is 4.79 Å². The maximum Gasteiger partial charge on any atom is 0.330 e. The number of ether oxygens (including phenoxy) is 2. The smallest absolute Gasteiger partial charge is 0.330 e. The molecule has 0 spiro atoms. The van der Waals surface area contributed by atoms with Crippen LogP contribution in [0, 0.1) is 11.3 Å². The molecule has 0 amide bonds. The molecule has 0 unspecified atom stereocenters. The first-order valence-electron chi connectivity index (χ1n) is 8.63. The summed E-state index contributed by atoms with van der Waals surface area (Å²) in [5.74, 6) is 0.556. The second kappa shape index (κ2) is 10.6. The summed E-state index contributed by atoms with van der Waals surface area (Å²) in [6, 6.07) is 0. The average Bonchev–Trinajstić information content (AvgIpc) is 2.54. The Morgan fingerprint density at radius 2 is 1.91 bits per heavy atom. The summed E-state index contributed by atoms with van der Waals surface area (Å²) >= 11 is 0. The Morgan fingerprint density at radius 3 is 2.50 bits per heavy atom. The van der Waals surface area contributed by atoms with Crippen molar-refractivity contribution in [2.75, 3.05) is 19.8 Å². The van der Waals surface area contributed by atoms with Crippen LogP contribution in [0.5, 0.6) is 0 Å². The van der Waals surface area contributed by atoms with E-state index in [0.717, 1.165) is 25.4 Å². The lowest BCUT2D eigenvalue weighted by molar-refractivity contribution is -0.138. The van der Waals surface area contributed by atoms with Gasteiger partial charge >= 0.3 is 5.97 Å². The maximum absolute atomic E-state index is 11.2. The topological polar surface area (TPSA) is 35.5 Å². The van der Waals surface area contributed by atoms with Crippen molar-refractivity contribution in [3.8, 4) is 0 Å². The maximum atomic E-state index is 11.2. The summed E-state index contributed by atoms with van der Waals surface area (Å²) in [7, 11) is 0. The van der Waals surface area contributed by atoms with E-state index in [9.17, 15) is 4.79 Å². The van der Waals surface area contributed by atoms with Crippen LogP contribution in [0.1, 0.15) is 58.3 Å². The van der Waals surface area contributed by atoms with E-state index in [-0.39, 0.29) is 11.4 Å². The highest BCUT2D eigenvalue weighted by atomic mass is 16.5. The van der Waals surface area contributed by atoms with E-state index in [2.05, 4.69) is 20.1 Å². The Balaban J connectivity index is 2.47. The van der Waals surface area contributed by atoms with E-state index < -0.39 is 0 Å². The lowest BCUT2D eigenvalue weighted by Crippen LogP contribution is -2.31. The van der Waals surface area contributed by atoms with Crippen molar-refractivity contribution in [2.45, 2.75) is 58.3 Å². The van der Waals surface area contributed by atoms with Crippen LogP contribution in [0.3, 0.4) is 0 Å². The van der Waals surface area contributed by atoms with E-state index in [1.807, 2.05) is 0 Å². The van der Waals surface area contributed by atoms with Crippen LogP contribution < -0.4 is 0 Å². The van der Waals surface area contributed by atoms with Gasteiger partial charge in [-0.05, 0) is 49.9 Å². The molecule has 3 nitrogen and oxygen atoms in total. The number of esters is 1. The van der Waals surface area contributed by atoms with Crippen LogP contribution >= 0.6 is 0 Å². The van der Waals surface area contributed by atoms with Crippen molar-refractivity contribution in [3.63, 3.8) is 0 Å². The third-order valence-electron chi connectivity index (χ3n) is 4.92. The molecule has 0 heterocycles. The molecular weight excluding hydrogens is 276 g/mol. The molecule has 0 saturated heterocycles. The molecule has 1 rings (SSSR count). The van der Waals surface area contributed by atoms with E-state index in [0.29, 0.717) is 13.2 Å². The van der Waals surface area contributed by atoms with Gasteiger partial charge in [0.25, 0.3) is 0 Å². The molecule has 3 heteroatoms. The van der Waals surface area contributed by atoms with Crippen LogP contribution in [0.15, 0.2) is 25.3 Å². The van der Waals surface area contributed by atoms with Gasteiger partial charge in [-0.2, -0.15) is 0 Å². The molecule has 1 aliphatic rings. The highest BCUT2D eigenvalue weighted by Gasteiger charge is 2.34. The average molecular weight is 308 g/mol. The minimum absolute atomic E-state index is 0.271. The van der Waals surface area contributed by atoms with E-state index >= 15 is 0 Å². The molecule has 126 valence electrons. The predicted molar refractivity (Wildman–Crippen MR) is 90.7 cm³/mol. The molecule has 0 aromatic heterocycles. The molecular formula is C19H32O3. The summed E-state index contributed by atoms with van der Waals surface area (Å²) in [4.78, 5) is 11.2. The Morgan fingerprint density at radius 1 is 1.23 bits per heavy atom. The molecule has 0 atom stereocenters. The quantitative estimate of drug-likeness (QED) is 0.241.